The van der Waals surface area contributed by atoms with Gasteiger partial charge >= 0.3 is 0 Å². The quantitative estimate of drug-likeness (QED) is 0.946. The van der Waals surface area contributed by atoms with E-state index >= 15 is 0 Å². The molecule has 3 rings (SSSR count). The van der Waals surface area contributed by atoms with Gasteiger partial charge in [0, 0.05) is 23.8 Å². The molecule has 1 saturated heterocycles. The van der Waals surface area contributed by atoms with Gasteiger partial charge in [0.25, 0.3) is 5.91 Å². The number of hydrogen-bond acceptors (Lipinski definition) is 4. The molecule has 1 aromatic heterocycles. The number of hydrogen-bond donors (Lipinski definition) is 1. The maximum atomic E-state index is 12.9. The number of ether oxygens (including phenoxy) is 1. The molecule has 4 nitrogen and oxygen atoms in total. The molecule has 1 amide bonds. The number of likely N-dealkylation sites (N-methyl/N-ethyl adjacent to an activating group) is 1. The van der Waals surface area contributed by atoms with Gasteiger partial charge in [0.15, 0.2) is 0 Å². The molecule has 1 aliphatic rings. The van der Waals surface area contributed by atoms with Crippen molar-refractivity contribution in [3.63, 3.8) is 0 Å². The lowest BCUT2D eigenvalue weighted by Gasteiger charge is -2.32. The highest BCUT2D eigenvalue weighted by Crippen LogP contribution is 2.34. The molecule has 0 spiro atoms. The predicted molar refractivity (Wildman–Crippen MR) is 91.1 cm³/mol. The summed E-state index contributed by atoms with van der Waals surface area (Å²) in [5.41, 5.74) is 1.07. The van der Waals surface area contributed by atoms with Crippen molar-refractivity contribution in [1.29, 1.82) is 0 Å². The number of benzene rings is 1. The fourth-order valence-corrected chi connectivity index (χ4v) is 4.23. The molecule has 5 heteroatoms. The average Bonchev–Trinajstić information content (AvgIpc) is 2.90. The Labute approximate surface area is 135 Å². The van der Waals surface area contributed by atoms with Gasteiger partial charge in [-0.3, -0.25) is 4.79 Å². The van der Waals surface area contributed by atoms with E-state index in [1.54, 1.807) is 18.4 Å². The van der Waals surface area contributed by atoms with Crippen molar-refractivity contribution >= 4 is 27.3 Å². The Morgan fingerprint density at radius 2 is 2.27 bits per heavy atom. The summed E-state index contributed by atoms with van der Waals surface area (Å²) in [5, 5.41) is 4.41. The number of nitrogens with zero attached hydrogens (tertiary/aromatic N) is 1. The predicted octanol–water partition coefficient (Wildman–Crippen LogP) is 3.04. The van der Waals surface area contributed by atoms with Crippen LogP contribution in [-0.2, 0) is 0 Å². The summed E-state index contributed by atoms with van der Waals surface area (Å²) in [6.07, 6.45) is 2.21. The molecular weight excluding hydrogens is 296 g/mol. The zero-order valence-corrected chi connectivity index (χ0v) is 14.1. The normalized spacial score (nSPS) is 18.7. The molecule has 1 aromatic carbocycles. The second-order valence-electron chi connectivity index (χ2n) is 5.80. The van der Waals surface area contributed by atoms with E-state index < -0.39 is 0 Å². The summed E-state index contributed by atoms with van der Waals surface area (Å²) < 4.78 is 6.44. The number of rotatable bonds is 3. The molecule has 2 heterocycles. The highest BCUT2D eigenvalue weighted by Gasteiger charge is 2.26. The Morgan fingerprint density at radius 1 is 1.45 bits per heavy atom. The van der Waals surface area contributed by atoms with Gasteiger partial charge in [0.2, 0.25) is 0 Å². The Kier molecular flexibility index (Phi) is 4.36. The molecule has 0 saturated carbocycles. The minimum atomic E-state index is 0.164. The summed E-state index contributed by atoms with van der Waals surface area (Å²) in [6.45, 7) is 3.69. The third-order valence-corrected chi connectivity index (χ3v) is 5.72. The highest BCUT2D eigenvalue weighted by atomic mass is 32.1. The minimum Gasteiger partial charge on any atom is -0.497 e. The van der Waals surface area contributed by atoms with Crippen LogP contribution < -0.4 is 10.1 Å². The molecule has 2 aromatic rings. The van der Waals surface area contributed by atoms with Crippen LogP contribution in [0.25, 0.3) is 10.1 Å². The van der Waals surface area contributed by atoms with Crippen molar-refractivity contribution in [2.75, 3.05) is 27.2 Å². The fourth-order valence-electron chi connectivity index (χ4n) is 3.07. The first-order valence-corrected chi connectivity index (χ1v) is 8.49. The molecule has 0 unspecified atom stereocenters. The first-order valence-electron chi connectivity index (χ1n) is 7.67. The van der Waals surface area contributed by atoms with Gasteiger partial charge in [-0.2, -0.15) is 0 Å². The molecule has 0 radical (unpaired) electrons. The van der Waals surface area contributed by atoms with Crippen molar-refractivity contribution in [3.05, 3.63) is 28.6 Å². The van der Waals surface area contributed by atoms with Crippen molar-refractivity contribution in [2.24, 2.45) is 0 Å². The number of aryl methyl sites for hydroxylation is 1. The lowest BCUT2D eigenvalue weighted by molar-refractivity contribution is 0.0702. The summed E-state index contributed by atoms with van der Waals surface area (Å²) >= 11 is 1.59. The molecule has 118 valence electrons. The molecule has 0 bridgehead atoms. The molecular formula is C17H22N2O2S. The van der Waals surface area contributed by atoms with E-state index in [4.69, 9.17) is 4.74 Å². The summed E-state index contributed by atoms with van der Waals surface area (Å²) in [7, 11) is 3.64. The van der Waals surface area contributed by atoms with E-state index in [2.05, 4.69) is 5.32 Å². The number of amides is 1. The van der Waals surface area contributed by atoms with E-state index in [0.717, 1.165) is 52.2 Å². The van der Waals surface area contributed by atoms with E-state index in [1.807, 2.05) is 37.1 Å². The molecule has 1 atom stereocenters. The summed E-state index contributed by atoms with van der Waals surface area (Å²) in [6, 6.07) is 6.41. The van der Waals surface area contributed by atoms with E-state index in [1.165, 1.54) is 0 Å². The number of nitrogens with one attached hydrogen (secondary N) is 1. The zero-order valence-electron chi connectivity index (χ0n) is 13.3. The molecule has 0 aliphatic carbocycles. The van der Waals surface area contributed by atoms with Crippen LogP contribution in [0.1, 0.15) is 28.1 Å². The lowest BCUT2D eigenvalue weighted by atomic mass is 10.1. The largest absolute Gasteiger partial charge is 0.497 e. The number of carbonyl (C=O) groups excluding carboxylic acids is 1. The van der Waals surface area contributed by atoms with Crippen LogP contribution in [0.4, 0.5) is 0 Å². The third kappa shape index (κ3) is 2.71. The highest BCUT2D eigenvalue weighted by molar-refractivity contribution is 7.21. The van der Waals surface area contributed by atoms with Gasteiger partial charge in [-0.25, -0.2) is 0 Å². The second kappa shape index (κ2) is 6.26. The van der Waals surface area contributed by atoms with Gasteiger partial charge in [0.05, 0.1) is 12.0 Å². The molecule has 1 N–H and O–H groups in total. The molecule has 1 aliphatic heterocycles. The first-order chi connectivity index (χ1) is 10.6. The number of piperidine rings is 1. The van der Waals surface area contributed by atoms with Crippen molar-refractivity contribution in [2.45, 2.75) is 25.8 Å². The van der Waals surface area contributed by atoms with Crippen LogP contribution in [0.3, 0.4) is 0 Å². The average molecular weight is 318 g/mol. The van der Waals surface area contributed by atoms with Crippen LogP contribution in [0.15, 0.2) is 18.2 Å². The summed E-state index contributed by atoms with van der Waals surface area (Å²) in [4.78, 5) is 15.7. The van der Waals surface area contributed by atoms with E-state index in [0.29, 0.717) is 6.04 Å². The van der Waals surface area contributed by atoms with Crippen LogP contribution in [-0.4, -0.2) is 44.1 Å². The van der Waals surface area contributed by atoms with Crippen LogP contribution >= 0.6 is 11.3 Å². The third-order valence-electron chi connectivity index (χ3n) is 4.45. The SMILES string of the molecule is CN[C@H]1CCCN(C(=O)c2sc3ccc(OC)cc3c2C)C1. The number of likely N-dealkylation sites (tertiary alicyclic amines) is 1. The zero-order chi connectivity index (χ0) is 15.7. The number of carbonyl (C=O) groups is 1. The standard InChI is InChI=1S/C17H22N2O2S/c1-11-14-9-13(21-3)6-7-15(14)22-16(11)17(20)19-8-4-5-12(10-19)18-2/h6-7,9,12,18H,4-5,8,10H2,1-3H3/t12-/m0/s1. The first kappa shape index (κ1) is 15.3. The minimum absolute atomic E-state index is 0.164. The van der Waals surface area contributed by atoms with E-state index in [-0.39, 0.29) is 5.91 Å². The maximum absolute atomic E-state index is 12.9. The summed E-state index contributed by atoms with van der Waals surface area (Å²) in [5.74, 6) is 0.998. The maximum Gasteiger partial charge on any atom is 0.264 e. The number of methoxy groups -OCH3 is 1. The van der Waals surface area contributed by atoms with Gasteiger partial charge in [0.1, 0.15) is 5.75 Å². The van der Waals surface area contributed by atoms with Gasteiger partial charge in [-0.15, -0.1) is 11.3 Å². The monoisotopic (exact) mass is 318 g/mol. The Bertz CT molecular complexity index is 695. The lowest BCUT2D eigenvalue weighted by Crippen LogP contribution is -2.46. The topological polar surface area (TPSA) is 41.6 Å². The van der Waals surface area contributed by atoms with Crippen molar-refractivity contribution < 1.29 is 9.53 Å². The van der Waals surface area contributed by atoms with Crippen LogP contribution in [0.2, 0.25) is 0 Å². The smallest absolute Gasteiger partial charge is 0.264 e. The van der Waals surface area contributed by atoms with Crippen molar-refractivity contribution in [1.82, 2.24) is 10.2 Å². The van der Waals surface area contributed by atoms with Crippen LogP contribution in [0.5, 0.6) is 5.75 Å². The fraction of sp³-hybridized carbons (Fsp3) is 0.471. The Morgan fingerprint density at radius 3 is 3.00 bits per heavy atom. The molecule has 1 fully saturated rings. The van der Waals surface area contributed by atoms with E-state index in [9.17, 15) is 4.79 Å². The second-order valence-corrected chi connectivity index (χ2v) is 6.85. The van der Waals surface area contributed by atoms with Gasteiger partial charge in [-0.1, -0.05) is 0 Å². The Hall–Kier alpha value is -1.59. The van der Waals surface area contributed by atoms with Crippen LogP contribution in [0, 0.1) is 6.92 Å². The Balaban J connectivity index is 1.92. The molecule has 22 heavy (non-hydrogen) atoms. The number of thiophene rings is 1. The number of fused-ring (bicyclic) bond motifs is 1. The van der Waals surface area contributed by atoms with Gasteiger partial charge in [-0.05, 0) is 56.0 Å². The van der Waals surface area contributed by atoms with Crippen molar-refractivity contribution in [3.8, 4) is 5.75 Å². The van der Waals surface area contributed by atoms with Gasteiger partial charge < -0.3 is 15.0 Å².